The van der Waals surface area contributed by atoms with Gasteiger partial charge in [0, 0.05) is 13.7 Å². The largest absolute Gasteiger partial charge is 0.446 e. The lowest BCUT2D eigenvalue weighted by Crippen LogP contribution is -2.51. The molecule has 2 fully saturated rings. The number of nitrogens with zero attached hydrogens (tertiary/aromatic N) is 2. The van der Waals surface area contributed by atoms with E-state index in [2.05, 4.69) is 33.9 Å². The highest BCUT2D eigenvalue weighted by Crippen LogP contribution is 2.40. The second kappa shape index (κ2) is 11.6. The number of imide groups is 1. The maximum absolute atomic E-state index is 13.8. The molecule has 9 nitrogen and oxygen atoms in total. The highest BCUT2D eigenvalue weighted by atomic mass is 28.4. The van der Waals surface area contributed by atoms with Gasteiger partial charge in [0.15, 0.2) is 8.32 Å². The van der Waals surface area contributed by atoms with Crippen LogP contribution in [0.2, 0.25) is 18.1 Å². The van der Waals surface area contributed by atoms with Crippen molar-refractivity contribution in [3.05, 3.63) is 35.9 Å². The van der Waals surface area contributed by atoms with Crippen LogP contribution < -0.4 is 0 Å². The molecule has 3 amide bonds. The van der Waals surface area contributed by atoms with Gasteiger partial charge in [-0.1, -0.05) is 58.0 Å². The molecule has 2 saturated heterocycles. The van der Waals surface area contributed by atoms with E-state index in [1.54, 1.807) is 11.8 Å². The lowest BCUT2D eigenvalue weighted by atomic mass is 9.93. The number of cyclic esters (lactones) is 1. The highest BCUT2D eigenvalue weighted by Gasteiger charge is 2.50. The lowest BCUT2D eigenvalue weighted by Gasteiger charge is -2.38. The van der Waals surface area contributed by atoms with Crippen molar-refractivity contribution in [1.82, 2.24) is 9.80 Å². The zero-order valence-corrected chi connectivity index (χ0v) is 26.1. The number of likely N-dealkylation sites (tertiary alicyclic amines) is 1. The molecule has 1 aromatic rings. The molecular formula is C29H46N2O7Si. The van der Waals surface area contributed by atoms with E-state index in [1.165, 1.54) is 12.0 Å². The van der Waals surface area contributed by atoms with Crippen molar-refractivity contribution >= 4 is 26.4 Å². The Hall–Kier alpha value is -2.43. The van der Waals surface area contributed by atoms with Gasteiger partial charge < -0.3 is 18.6 Å². The van der Waals surface area contributed by atoms with Crippen LogP contribution in [0, 0.1) is 5.92 Å². The molecule has 0 bridgehead atoms. The van der Waals surface area contributed by atoms with E-state index < -0.39 is 56.1 Å². The van der Waals surface area contributed by atoms with Gasteiger partial charge in [-0.3, -0.25) is 9.69 Å². The predicted molar refractivity (Wildman–Crippen MR) is 151 cm³/mol. The number of methoxy groups -OCH3 is 1. The Kier molecular flexibility index (Phi) is 9.24. The van der Waals surface area contributed by atoms with E-state index in [0.29, 0.717) is 13.0 Å². The maximum Gasteiger partial charge on any atom is 0.417 e. The van der Waals surface area contributed by atoms with Crippen molar-refractivity contribution in [2.75, 3.05) is 20.3 Å². The highest BCUT2D eigenvalue weighted by molar-refractivity contribution is 6.74. The molecule has 2 aliphatic heterocycles. The third-order valence-corrected chi connectivity index (χ3v) is 12.6. The smallest absolute Gasteiger partial charge is 0.417 e. The van der Waals surface area contributed by atoms with Gasteiger partial charge >= 0.3 is 12.2 Å². The van der Waals surface area contributed by atoms with Gasteiger partial charge in [-0.15, -0.1) is 0 Å². The van der Waals surface area contributed by atoms with Gasteiger partial charge in [-0.25, -0.2) is 14.5 Å². The molecule has 5 atom stereocenters. The van der Waals surface area contributed by atoms with Gasteiger partial charge in [-0.05, 0) is 50.9 Å². The van der Waals surface area contributed by atoms with Gasteiger partial charge in [-0.2, -0.15) is 0 Å². The van der Waals surface area contributed by atoms with Crippen LogP contribution in [-0.2, 0) is 23.4 Å². The SMILES string of the molecule is CO[C@@H](C1CC(O[Si](C)(C)C(C)(C)C)CN1C(=O)OC(C)(C)C)[C@@H](C)C(=O)N1C(=O)OC[C@H]1c1ccccc1. The molecule has 10 heteroatoms. The van der Waals surface area contributed by atoms with E-state index in [-0.39, 0.29) is 17.7 Å². The summed E-state index contributed by atoms with van der Waals surface area (Å²) in [5.74, 6) is -1.15. The zero-order chi connectivity index (χ0) is 29.3. The van der Waals surface area contributed by atoms with Crippen molar-refractivity contribution in [3.63, 3.8) is 0 Å². The fourth-order valence-corrected chi connectivity index (χ4v) is 6.34. The standard InChI is InChI=1S/C29H46N2O7Si/c1-19(25(32)31-23(18-36-27(31)34)20-14-12-11-13-15-20)24(35-8)22-16-21(38-39(9,10)29(5,6)7)17-30(22)26(33)37-28(2,3)4/h11-15,19,21-24H,16-18H2,1-10H3/t19-,21?,22?,23+,24-/m1/s1. The summed E-state index contributed by atoms with van der Waals surface area (Å²) in [6, 6.07) is 8.35. The van der Waals surface area contributed by atoms with E-state index in [4.69, 9.17) is 18.6 Å². The van der Waals surface area contributed by atoms with Crippen molar-refractivity contribution in [2.45, 2.75) is 103 Å². The average Bonchev–Trinajstić information content (AvgIpc) is 3.41. The molecule has 3 rings (SSSR count). The summed E-state index contributed by atoms with van der Waals surface area (Å²) >= 11 is 0. The topological polar surface area (TPSA) is 94.6 Å². The first kappa shape index (κ1) is 31.1. The average molecular weight is 563 g/mol. The van der Waals surface area contributed by atoms with E-state index in [1.807, 2.05) is 51.1 Å². The van der Waals surface area contributed by atoms with Crippen molar-refractivity contribution in [2.24, 2.45) is 5.92 Å². The summed E-state index contributed by atoms with van der Waals surface area (Å²) in [6.07, 6.45) is -1.57. The Morgan fingerprint density at radius 2 is 1.69 bits per heavy atom. The quantitative estimate of drug-likeness (QED) is 0.390. The van der Waals surface area contributed by atoms with Crippen molar-refractivity contribution in [3.8, 4) is 0 Å². The molecule has 2 unspecified atom stereocenters. The van der Waals surface area contributed by atoms with Gasteiger partial charge in [0.05, 0.1) is 24.2 Å². The molecule has 0 saturated carbocycles. The molecule has 218 valence electrons. The summed E-state index contributed by atoms with van der Waals surface area (Å²) in [5, 5.41) is -0.00564. The third-order valence-electron chi connectivity index (χ3n) is 8.03. The molecular weight excluding hydrogens is 516 g/mol. The fraction of sp³-hybridized carbons (Fsp3) is 0.690. The Morgan fingerprint density at radius 3 is 2.23 bits per heavy atom. The number of hydrogen-bond acceptors (Lipinski definition) is 7. The second-order valence-electron chi connectivity index (χ2n) is 13.1. The Morgan fingerprint density at radius 1 is 1.08 bits per heavy atom. The van der Waals surface area contributed by atoms with Gasteiger partial charge in [0.1, 0.15) is 18.2 Å². The third kappa shape index (κ3) is 7.02. The van der Waals surface area contributed by atoms with Crippen LogP contribution in [0.25, 0.3) is 0 Å². The molecule has 0 aliphatic carbocycles. The van der Waals surface area contributed by atoms with Crippen LogP contribution in [0.1, 0.15) is 66.5 Å². The van der Waals surface area contributed by atoms with Crippen LogP contribution in [0.5, 0.6) is 0 Å². The molecule has 2 heterocycles. The number of carbonyl (C=O) groups is 3. The normalized spacial score (nSPS) is 23.9. The van der Waals surface area contributed by atoms with Crippen LogP contribution in [0.15, 0.2) is 30.3 Å². The fourth-order valence-electron chi connectivity index (χ4n) is 4.99. The number of hydrogen-bond donors (Lipinski definition) is 0. The number of amides is 3. The summed E-state index contributed by atoms with van der Waals surface area (Å²) in [5.41, 5.74) is 0.128. The van der Waals surface area contributed by atoms with E-state index in [9.17, 15) is 14.4 Å². The molecule has 39 heavy (non-hydrogen) atoms. The lowest BCUT2D eigenvalue weighted by molar-refractivity contribution is -0.139. The number of benzene rings is 1. The van der Waals surface area contributed by atoms with E-state index >= 15 is 0 Å². The first-order valence-corrected chi connectivity index (χ1v) is 16.6. The number of rotatable bonds is 7. The summed E-state index contributed by atoms with van der Waals surface area (Å²) in [7, 11) is -0.609. The van der Waals surface area contributed by atoms with Crippen LogP contribution in [-0.4, -0.2) is 80.3 Å². The van der Waals surface area contributed by atoms with Crippen molar-refractivity contribution < 1.29 is 33.0 Å². The minimum absolute atomic E-state index is 0.00564. The Bertz CT molecular complexity index is 1030. The zero-order valence-electron chi connectivity index (χ0n) is 25.1. The number of ether oxygens (including phenoxy) is 3. The summed E-state index contributed by atoms with van der Waals surface area (Å²) < 4.78 is 23.6. The molecule has 0 spiro atoms. The second-order valence-corrected chi connectivity index (χ2v) is 17.9. The van der Waals surface area contributed by atoms with Crippen LogP contribution in [0.4, 0.5) is 9.59 Å². The van der Waals surface area contributed by atoms with Gasteiger partial charge in [0.25, 0.3) is 0 Å². The first-order chi connectivity index (χ1) is 18.0. The summed E-state index contributed by atoms with van der Waals surface area (Å²) in [4.78, 5) is 42.7. The molecule has 0 N–H and O–H groups in total. The minimum Gasteiger partial charge on any atom is -0.446 e. The first-order valence-electron chi connectivity index (χ1n) is 13.7. The summed E-state index contributed by atoms with van der Waals surface area (Å²) in [6.45, 7) is 18.5. The molecule has 1 aromatic carbocycles. The maximum atomic E-state index is 13.8. The predicted octanol–water partition coefficient (Wildman–Crippen LogP) is 5.76. The molecule has 2 aliphatic rings. The minimum atomic E-state index is -2.14. The molecule has 0 radical (unpaired) electrons. The van der Waals surface area contributed by atoms with Crippen LogP contribution >= 0.6 is 0 Å². The Labute approximate surface area is 234 Å². The monoisotopic (exact) mass is 562 g/mol. The van der Waals surface area contributed by atoms with Crippen LogP contribution in [0.3, 0.4) is 0 Å². The molecule has 0 aromatic heterocycles. The van der Waals surface area contributed by atoms with Gasteiger partial charge in [0.2, 0.25) is 5.91 Å². The van der Waals surface area contributed by atoms with Crippen molar-refractivity contribution in [1.29, 1.82) is 0 Å². The van der Waals surface area contributed by atoms with E-state index in [0.717, 1.165) is 5.56 Å². The number of carbonyl (C=O) groups excluding carboxylic acids is 3. The Balaban J connectivity index is 1.89.